The van der Waals surface area contributed by atoms with E-state index in [1.807, 2.05) is 4.90 Å². The Morgan fingerprint density at radius 3 is 2.90 bits per heavy atom. The van der Waals surface area contributed by atoms with E-state index in [-0.39, 0.29) is 18.0 Å². The first kappa shape index (κ1) is 13.6. The lowest BCUT2D eigenvalue weighted by atomic mass is 9.84. The Labute approximate surface area is 114 Å². The van der Waals surface area contributed by atoms with Crippen molar-refractivity contribution in [2.24, 2.45) is 0 Å². The van der Waals surface area contributed by atoms with Gasteiger partial charge in [-0.25, -0.2) is 9.37 Å². The van der Waals surface area contributed by atoms with Crippen molar-refractivity contribution in [2.45, 2.75) is 31.2 Å². The van der Waals surface area contributed by atoms with Gasteiger partial charge in [0.1, 0.15) is 11.5 Å². The molecule has 1 saturated heterocycles. The highest BCUT2D eigenvalue weighted by atomic mass is 19.4. The molecule has 1 fully saturated rings. The Bertz CT molecular complexity index is 527. The fourth-order valence-electron chi connectivity index (χ4n) is 3.00. The van der Waals surface area contributed by atoms with E-state index >= 15 is 0 Å². The van der Waals surface area contributed by atoms with Gasteiger partial charge in [-0.05, 0) is 13.0 Å². The van der Waals surface area contributed by atoms with Crippen LogP contribution in [0.3, 0.4) is 0 Å². The second-order valence-corrected chi connectivity index (χ2v) is 5.55. The van der Waals surface area contributed by atoms with Crippen LogP contribution >= 0.6 is 0 Å². The van der Waals surface area contributed by atoms with Crippen LogP contribution in [0.5, 0.6) is 0 Å². The summed E-state index contributed by atoms with van der Waals surface area (Å²) in [6, 6.07) is 0.844. The molecule has 0 amide bonds. The molecule has 1 aromatic heterocycles. The van der Waals surface area contributed by atoms with Crippen molar-refractivity contribution in [1.29, 1.82) is 0 Å². The third-order valence-corrected chi connectivity index (χ3v) is 4.00. The minimum atomic E-state index is -4.50. The van der Waals surface area contributed by atoms with E-state index in [0.717, 1.165) is 18.8 Å². The molecule has 20 heavy (non-hydrogen) atoms. The van der Waals surface area contributed by atoms with Crippen molar-refractivity contribution < 1.29 is 17.6 Å². The van der Waals surface area contributed by atoms with Gasteiger partial charge in [0.2, 0.25) is 0 Å². The summed E-state index contributed by atoms with van der Waals surface area (Å²) in [7, 11) is 0. The van der Waals surface area contributed by atoms with E-state index in [2.05, 4.69) is 10.3 Å². The molecule has 2 aliphatic rings. The highest BCUT2D eigenvalue weighted by Crippen LogP contribution is 2.44. The first-order valence-electron chi connectivity index (χ1n) is 6.53. The van der Waals surface area contributed by atoms with Crippen LogP contribution in [-0.4, -0.2) is 30.7 Å². The number of nitrogens with zero attached hydrogens (tertiary/aromatic N) is 2. The molecule has 3 nitrogen and oxygen atoms in total. The number of rotatable bonds is 0. The number of nitrogens with one attached hydrogen (secondary N) is 1. The normalized spacial score (nSPS) is 29.9. The molecule has 7 heteroatoms. The molecule has 110 valence electrons. The predicted molar refractivity (Wildman–Crippen MR) is 66.3 cm³/mol. The molecule has 0 bridgehead atoms. The zero-order valence-corrected chi connectivity index (χ0v) is 11.0. The molecule has 0 spiro atoms. The van der Waals surface area contributed by atoms with Crippen LogP contribution < -0.4 is 10.2 Å². The Morgan fingerprint density at radius 1 is 1.45 bits per heavy atom. The first-order valence-corrected chi connectivity index (χ1v) is 6.53. The van der Waals surface area contributed by atoms with Gasteiger partial charge < -0.3 is 10.2 Å². The number of piperazine rings is 1. The standard InChI is InChI=1S/C13H15F4N3/c1-12(14)5-9-7-18-2-3-20(9)11-10(12)4-8(6-19-11)13(15,16)17/h4,6,9,18H,2-3,5,7H2,1H3/t9-,12-/m1/s1. The molecule has 0 saturated carbocycles. The van der Waals surface area contributed by atoms with Gasteiger partial charge in [-0.15, -0.1) is 0 Å². The van der Waals surface area contributed by atoms with Gasteiger partial charge in [0.15, 0.2) is 0 Å². The molecule has 0 aromatic carbocycles. The van der Waals surface area contributed by atoms with Crippen molar-refractivity contribution in [3.8, 4) is 0 Å². The maximum Gasteiger partial charge on any atom is 0.417 e. The number of anilines is 1. The fourth-order valence-corrected chi connectivity index (χ4v) is 3.00. The number of fused-ring (bicyclic) bond motifs is 3. The summed E-state index contributed by atoms with van der Waals surface area (Å²) in [5.41, 5.74) is -2.64. The third kappa shape index (κ3) is 2.13. The monoisotopic (exact) mass is 289 g/mol. The molecule has 0 radical (unpaired) electrons. The second kappa shape index (κ2) is 4.31. The van der Waals surface area contributed by atoms with Crippen molar-refractivity contribution in [3.63, 3.8) is 0 Å². The Hall–Kier alpha value is -1.37. The molecule has 1 aromatic rings. The van der Waals surface area contributed by atoms with E-state index in [1.165, 1.54) is 6.92 Å². The minimum Gasteiger partial charge on any atom is -0.351 e. The first-order chi connectivity index (χ1) is 9.29. The van der Waals surface area contributed by atoms with Crippen LogP contribution in [0.4, 0.5) is 23.4 Å². The van der Waals surface area contributed by atoms with Crippen molar-refractivity contribution >= 4 is 5.82 Å². The van der Waals surface area contributed by atoms with E-state index in [1.54, 1.807) is 0 Å². The molecule has 1 N–H and O–H groups in total. The van der Waals surface area contributed by atoms with Crippen LogP contribution in [-0.2, 0) is 11.8 Å². The van der Waals surface area contributed by atoms with Crippen molar-refractivity contribution in [2.75, 3.05) is 24.5 Å². The zero-order chi connectivity index (χ0) is 14.5. The Balaban J connectivity index is 2.09. The van der Waals surface area contributed by atoms with Gasteiger partial charge in [0.05, 0.1) is 5.56 Å². The van der Waals surface area contributed by atoms with Crippen LogP contribution in [0.15, 0.2) is 12.3 Å². The minimum absolute atomic E-state index is 0.0467. The summed E-state index contributed by atoms with van der Waals surface area (Å²) in [4.78, 5) is 5.81. The summed E-state index contributed by atoms with van der Waals surface area (Å²) in [6.07, 6.45) is -3.53. The van der Waals surface area contributed by atoms with Crippen molar-refractivity contribution in [3.05, 3.63) is 23.4 Å². The smallest absolute Gasteiger partial charge is 0.351 e. The van der Waals surface area contributed by atoms with Gasteiger partial charge in [-0.2, -0.15) is 13.2 Å². The molecular formula is C13H15F4N3. The maximum atomic E-state index is 14.7. The average Bonchev–Trinajstić information content (AvgIpc) is 2.37. The molecule has 0 aliphatic carbocycles. The number of hydrogen-bond donors (Lipinski definition) is 1. The van der Waals surface area contributed by atoms with Gasteiger partial charge in [-0.1, -0.05) is 0 Å². The van der Waals surface area contributed by atoms with Gasteiger partial charge in [0, 0.05) is 43.9 Å². The maximum absolute atomic E-state index is 14.7. The summed E-state index contributed by atoms with van der Waals surface area (Å²) in [6.45, 7) is 3.31. The highest BCUT2D eigenvalue weighted by molar-refractivity contribution is 5.55. The fraction of sp³-hybridized carbons (Fsp3) is 0.615. The Morgan fingerprint density at radius 2 is 2.20 bits per heavy atom. The van der Waals surface area contributed by atoms with E-state index < -0.39 is 17.4 Å². The largest absolute Gasteiger partial charge is 0.417 e. The van der Waals surface area contributed by atoms with Crippen LogP contribution in [0, 0.1) is 0 Å². The lowest BCUT2D eigenvalue weighted by molar-refractivity contribution is -0.138. The topological polar surface area (TPSA) is 28.2 Å². The average molecular weight is 289 g/mol. The van der Waals surface area contributed by atoms with Gasteiger partial charge in [0.25, 0.3) is 0 Å². The molecule has 3 heterocycles. The van der Waals surface area contributed by atoms with Crippen molar-refractivity contribution in [1.82, 2.24) is 10.3 Å². The van der Waals surface area contributed by atoms with E-state index in [0.29, 0.717) is 18.9 Å². The van der Waals surface area contributed by atoms with Gasteiger partial charge >= 0.3 is 6.18 Å². The summed E-state index contributed by atoms with van der Waals surface area (Å²) >= 11 is 0. The van der Waals surface area contributed by atoms with E-state index in [9.17, 15) is 17.6 Å². The number of hydrogen-bond acceptors (Lipinski definition) is 3. The molecular weight excluding hydrogens is 274 g/mol. The summed E-state index contributed by atoms with van der Waals surface area (Å²) < 4.78 is 53.0. The lowest BCUT2D eigenvalue weighted by Crippen LogP contribution is -2.56. The number of pyridine rings is 1. The summed E-state index contributed by atoms with van der Waals surface area (Å²) in [5, 5.41) is 3.17. The van der Waals surface area contributed by atoms with Gasteiger partial charge in [-0.3, -0.25) is 0 Å². The molecule has 0 unspecified atom stereocenters. The van der Waals surface area contributed by atoms with Crippen LogP contribution in [0.25, 0.3) is 0 Å². The lowest BCUT2D eigenvalue weighted by Gasteiger charge is -2.45. The highest BCUT2D eigenvalue weighted by Gasteiger charge is 2.44. The SMILES string of the molecule is C[C@@]1(F)C[C@@H]2CNCCN2c2ncc(C(F)(F)F)cc21. The predicted octanol–water partition coefficient (Wildman–Crippen LogP) is 2.47. The molecule has 2 atom stereocenters. The van der Waals surface area contributed by atoms with E-state index in [4.69, 9.17) is 0 Å². The zero-order valence-electron chi connectivity index (χ0n) is 11.0. The second-order valence-electron chi connectivity index (χ2n) is 5.55. The third-order valence-electron chi connectivity index (χ3n) is 4.00. The van der Waals surface area contributed by atoms with Crippen LogP contribution in [0.1, 0.15) is 24.5 Å². The van der Waals surface area contributed by atoms with Crippen LogP contribution in [0.2, 0.25) is 0 Å². The number of halogens is 4. The molecule has 3 rings (SSSR count). The number of aromatic nitrogens is 1. The quantitative estimate of drug-likeness (QED) is 0.744. The number of alkyl halides is 4. The Kier molecular flexibility index (Phi) is 2.93. The molecule has 2 aliphatic heterocycles. The summed E-state index contributed by atoms with van der Waals surface area (Å²) in [5.74, 6) is 0.348.